The van der Waals surface area contributed by atoms with Gasteiger partial charge in [0.25, 0.3) is 0 Å². The molecule has 0 saturated heterocycles. The Morgan fingerprint density at radius 2 is 2.06 bits per heavy atom. The SMILES string of the molecule is CCCNc1ncnc(NCc2ccco2)c1Br. The molecule has 0 atom stereocenters. The van der Waals surface area contributed by atoms with E-state index in [1.54, 1.807) is 6.26 Å². The first-order chi connectivity index (χ1) is 8.81. The van der Waals surface area contributed by atoms with Gasteiger partial charge in [-0.1, -0.05) is 6.92 Å². The lowest BCUT2D eigenvalue weighted by Gasteiger charge is -2.10. The van der Waals surface area contributed by atoms with E-state index in [4.69, 9.17) is 4.42 Å². The van der Waals surface area contributed by atoms with Crippen LogP contribution in [0.25, 0.3) is 0 Å². The maximum absolute atomic E-state index is 5.25. The molecule has 0 radical (unpaired) electrons. The minimum Gasteiger partial charge on any atom is -0.467 e. The van der Waals surface area contributed by atoms with Gasteiger partial charge in [0.2, 0.25) is 0 Å². The Kier molecular flexibility index (Phi) is 4.58. The maximum Gasteiger partial charge on any atom is 0.146 e. The number of anilines is 2. The van der Waals surface area contributed by atoms with Crippen molar-refractivity contribution in [2.24, 2.45) is 0 Å². The Morgan fingerprint density at radius 1 is 1.28 bits per heavy atom. The van der Waals surface area contributed by atoms with Crippen molar-refractivity contribution in [3.05, 3.63) is 35.0 Å². The molecule has 0 amide bonds. The molecule has 0 aliphatic heterocycles. The predicted octanol–water partition coefficient (Wildman–Crippen LogP) is 3.27. The zero-order valence-electron chi connectivity index (χ0n) is 10.1. The molecule has 0 fully saturated rings. The summed E-state index contributed by atoms with van der Waals surface area (Å²) >= 11 is 3.50. The number of nitrogens with zero attached hydrogens (tertiary/aromatic N) is 2. The van der Waals surface area contributed by atoms with E-state index in [0.29, 0.717) is 6.54 Å². The summed E-state index contributed by atoms with van der Waals surface area (Å²) in [6, 6.07) is 3.78. The molecule has 2 aromatic rings. The molecule has 0 unspecified atom stereocenters. The highest BCUT2D eigenvalue weighted by atomic mass is 79.9. The zero-order valence-corrected chi connectivity index (χ0v) is 11.7. The Bertz CT molecular complexity index is 487. The number of nitrogens with one attached hydrogen (secondary N) is 2. The van der Waals surface area contributed by atoms with Gasteiger partial charge in [-0.2, -0.15) is 0 Å². The third-order valence-corrected chi connectivity index (χ3v) is 3.09. The number of hydrogen-bond acceptors (Lipinski definition) is 5. The van der Waals surface area contributed by atoms with E-state index in [1.807, 2.05) is 12.1 Å². The average Bonchev–Trinajstić information content (AvgIpc) is 2.89. The lowest BCUT2D eigenvalue weighted by Crippen LogP contribution is -2.07. The molecule has 0 aliphatic carbocycles. The summed E-state index contributed by atoms with van der Waals surface area (Å²) in [5.74, 6) is 2.41. The first-order valence-electron chi connectivity index (χ1n) is 5.82. The van der Waals surface area contributed by atoms with Crippen molar-refractivity contribution < 1.29 is 4.42 Å². The van der Waals surface area contributed by atoms with Gasteiger partial charge in [-0.25, -0.2) is 9.97 Å². The molecule has 2 aromatic heterocycles. The second-order valence-corrected chi connectivity index (χ2v) is 4.54. The first-order valence-corrected chi connectivity index (χ1v) is 6.61. The van der Waals surface area contributed by atoms with Gasteiger partial charge < -0.3 is 15.1 Å². The standard InChI is InChI=1S/C12H15BrN4O/c1-2-5-14-11-10(13)12(17-8-16-11)15-7-9-4-3-6-18-9/h3-4,6,8H,2,5,7H2,1H3,(H2,14,15,16,17). The third-order valence-electron chi connectivity index (χ3n) is 2.34. The van der Waals surface area contributed by atoms with Crippen LogP contribution < -0.4 is 10.6 Å². The summed E-state index contributed by atoms with van der Waals surface area (Å²) in [6.07, 6.45) is 4.24. The van der Waals surface area contributed by atoms with E-state index in [-0.39, 0.29) is 0 Å². The van der Waals surface area contributed by atoms with Crippen LogP contribution in [0.1, 0.15) is 19.1 Å². The van der Waals surface area contributed by atoms with Crippen LogP contribution in [0.4, 0.5) is 11.6 Å². The van der Waals surface area contributed by atoms with Gasteiger partial charge in [-0.05, 0) is 34.5 Å². The predicted molar refractivity (Wildman–Crippen MR) is 74.5 cm³/mol. The minimum atomic E-state index is 0.593. The molecule has 2 N–H and O–H groups in total. The molecular formula is C12H15BrN4O. The lowest BCUT2D eigenvalue weighted by atomic mass is 10.4. The quantitative estimate of drug-likeness (QED) is 0.857. The monoisotopic (exact) mass is 310 g/mol. The van der Waals surface area contributed by atoms with Gasteiger partial charge in [0.1, 0.15) is 28.2 Å². The van der Waals surface area contributed by atoms with Crippen LogP contribution in [-0.4, -0.2) is 16.5 Å². The van der Waals surface area contributed by atoms with E-state index in [2.05, 4.69) is 43.5 Å². The van der Waals surface area contributed by atoms with Gasteiger partial charge in [0.05, 0.1) is 12.8 Å². The highest BCUT2D eigenvalue weighted by molar-refractivity contribution is 9.10. The fourth-order valence-electron chi connectivity index (χ4n) is 1.44. The van der Waals surface area contributed by atoms with Crippen LogP contribution in [-0.2, 0) is 6.54 Å². The van der Waals surface area contributed by atoms with E-state index < -0.39 is 0 Å². The summed E-state index contributed by atoms with van der Waals surface area (Å²) in [7, 11) is 0. The summed E-state index contributed by atoms with van der Waals surface area (Å²) < 4.78 is 6.09. The molecule has 96 valence electrons. The van der Waals surface area contributed by atoms with Crippen molar-refractivity contribution in [2.75, 3.05) is 17.2 Å². The molecule has 0 aromatic carbocycles. The molecule has 18 heavy (non-hydrogen) atoms. The molecule has 0 saturated carbocycles. The average molecular weight is 311 g/mol. The van der Waals surface area contributed by atoms with Crippen LogP contribution in [0.2, 0.25) is 0 Å². The van der Waals surface area contributed by atoms with E-state index in [0.717, 1.165) is 34.8 Å². The maximum atomic E-state index is 5.25. The van der Waals surface area contributed by atoms with Gasteiger partial charge in [0.15, 0.2) is 0 Å². The smallest absolute Gasteiger partial charge is 0.146 e. The molecule has 0 spiro atoms. The molecule has 6 heteroatoms. The number of aromatic nitrogens is 2. The second-order valence-electron chi connectivity index (χ2n) is 3.74. The normalized spacial score (nSPS) is 10.3. The van der Waals surface area contributed by atoms with Crippen molar-refractivity contribution in [1.29, 1.82) is 0 Å². The number of furan rings is 1. The second kappa shape index (κ2) is 6.39. The minimum absolute atomic E-state index is 0.593. The summed E-state index contributed by atoms with van der Waals surface area (Å²) in [5.41, 5.74) is 0. The van der Waals surface area contributed by atoms with Crippen LogP contribution in [0.5, 0.6) is 0 Å². The van der Waals surface area contributed by atoms with Crippen molar-refractivity contribution in [3.63, 3.8) is 0 Å². The van der Waals surface area contributed by atoms with Gasteiger partial charge >= 0.3 is 0 Å². The third kappa shape index (κ3) is 3.22. The molecular weight excluding hydrogens is 296 g/mol. The molecule has 0 bridgehead atoms. The van der Waals surface area contributed by atoms with Crippen molar-refractivity contribution in [2.45, 2.75) is 19.9 Å². The van der Waals surface area contributed by atoms with Crippen molar-refractivity contribution >= 4 is 27.6 Å². The molecule has 2 heterocycles. The fraction of sp³-hybridized carbons (Fsp3) is 0.333. The Hall–Kier alpha value is -1.56. The van der Waals surface area contributed by atoms with Crippen LogP contribution in [0.15, 0.2) is 33.6 Å². The molecule has 0 aliphatic rings. The van der Waals surface area contributed by atoms with Crippen LogP contribution in [0, 0.1) is 0 Å². The summed E-state index contributed by atoms with van der Waals surface area (Å²) in [5, 5.41) is 6.44. The number of rotatable bonds is 6. The van der Waals surface area contributed by atoms with Gasteiger partial charge in [-0.15, -0.1) is 0 Å². The topological polar surface area (TPSA) is 63.0 Å². The van der Waals surface area contributed by atoms with Crippen molar-refractivity contribution in [3.8, 4) is 0 Å². The van der Waals surface area contributed by atoms with Crippen molar-refractivity contribution in [1.82, 2.24) is 9.97 Å². The Morgan fingerprint density at radius 3 is 2.72 bits per heavy atom. The Labute approximate surface area is 114 Å². The molecule has 5 nitrogen and oxygen atoms in total. The first kappa shape index (κ1) is 12.9. The van der Waals surface area contributed by atoms with Gasteiger partial charge in [0, 0.05) is 6.54 Å². The largest absolute Gasteiger partial charge is 0.467 e. The molecule has 2 rings (SSSR count). The Balaban J connectivity index is 2.03. The highest BCUT2D eigenvalue weighted by Gasteiger charge is 2.08. The summed E-state index contributed by atoms with van der Waals surface area (Å²) in [6.45, 7) is 3.58. The fourth-order valence-corrected chi connectivity index (χ4v) is 1.93. The van der Waals surface area contributed by atoms with Crippen LogP contribution >= 0.6 is 15.9 Å². The summed E-state index contributed by atoms with van der Waals surface area (Å²) in [4.78, 5) is 8.38. The van der Waals surface area contributed by atoms with Crippen LogP contribution in [0.3, 0.4) is 0 Å². The van der Waals surface area contributed by atoms with E-state index in [9.17, 15) is 0 Å². The van der Waals surface area contributed by atoms with E-state index in [1.165, 1.54) is 6.33 Å². The number of hydrogen-bond donors (Lipinski definition) is 2. The lowest BCUT2D eigenvalue weighted by molar-refractivity contribution is 0.517. The van der Waals surface area contributed by atoms with E-state index >= 15 is 0 Å². The highest BCUT2D eigenvalue weighted by Crippen LogP contribution is 2.26. The number of halogens is 1. The van der Waals surface area contributed by atoms with Gasteiger partial charge in [-0.3, -0.25) is 0 Å². The zero-order chi connectivity index (χ0) is 12.8.